The lowest BCUT2D eigenvalue weighted by Gasteiger charge is -2.14. The highest BCUT2D eigenvalue weighted by atomic mass is 32.1. The highest BCUT2D eigenvalue weighted by Gasteiger charge is 2.35. The maximum atomic E-state index is 11.6. The number of thiol groups is 1. The van der Waals surface area contributed by atoms with Gasteiger partial charge in [-0.1, -0.05) is 0 Å². The van der Waals surface area contributed by atoms with E-state index in [1.165, 1.54) is 0 Å². The van der Waals surface area contributed by atoms with Crippen LogP contribution in [-0.4, -0.2) is 66.5 Å². The monoisotopic (exact) mass is 331 g/mol. The van der Waals surface area contributed by atoms with Crippen molar-refractivity contribution in [2.24, 2.45) is 5.73 Å². The Labute approximate surface area is 134 Å². The Kier molecular flexibility index (Phi) is 8.07. The van der Waals surface area contributed by atoms with E-state index in [4.69, 9.17) is 10.5 Å². The number of nitrogens with two attached hydrogens (primary N) is 1. The van der Waals surface area contributed by atoms with E-state index in [9.17, 15) is 19.2 Å². The number of nitrogens with zero attached hydrogens (tertiary/aromatic N) is 1. The van der Waals surface area contributed by atoms with Crippen molar-refractivity contribution in [3.05, 3.63) is 0 Å². The van der Waals surface area contributed by atoms with Crippen molar-refractivity contribution in [3.63, 3.8) is 0 Å². The van der Waals surface area contributed by atoms with Crippen molar-refractivity contribution in [3.8, 4) is 0 Å². The molecule has 0 aromatic heterocycles. The second kappa shape index (κ2) is 9.54. The zero-order valence-electron chi connectivity index (χ0n) is 12.2. The number of hydrogen-bond donors (Lipinski definition) is 3. The highest BCUT2D eigenvalue weighted by Crippen LogP contribution is 2.16. The van der Waals surface area contributed by atoms with Crippen molar-refractivity contribution in [2.75, 3.05) is 26.3 Å². The molecular formula is C13H21N3O5S. The topological polar surface area (TPSA) is 119 Å². The Morgan fingerprint density at radius 2 is 2.23 bits per heavy atom. The predicted molar refractivity (Wildman–Crippen MR) is 81.2 cm³/mol. The summed E-state index contributed by atoms with van der Waals surface area (Å²) in [4.78, 5) is 45.8. The molecule has 3 amide bonds. The number of ether oxygens (including phenoxy) is 1. The molecule has 0 bridgehead atoms. The first kappa shape index (κ1) is 18.6. The van der Waals surface area contributed by atoms with Crippen LogP contribution in [-0.2, 0) is 23.9 Å². The Hall–Kier alpha value is -1.45. The third-order valence-electron chi connectivity index (χ3n) is 3.16. The van der Waals surface area contributed by atoms with Gasteiger partial charge >= 0.3 is 0 Å². The van der Waals surface area contributed by atoms with E-state index in [-0.39, 0.29) is 56.9 Å². The van der Waals surface area contributed by atoms with Gasteiger partial charge in [0.1, 0.15) is 6.29 Å². The van der Waals surface area contributed by atoms with Crippen LogP contribution in [0.4, 0.5) is 0 Å². The Bertz CT molecular complexity index is 432. The van der Waals surface area contributed by atoms with E-state index >= 15 is 0 Å². The molecule has 3 N–H and O–H groups in total. The molecule has 1 aliphatic heterocycles. The number of rotatable bonds is 10. The SMILES string of the molecule is NC(CCC=O)C(=O)NCCOCCN1C(=O)CC(S)C1=O. The molecule has 22 heavy (non-hydrogen) atoms. The first-order valence-corrected chi connectivity index (χ1v) is 7.56. The van der Waals surface area contributed by atoms with Gasteiger partial charge in [-0.05, 0) is 6.42 Å². The Morgan fingerprint density at radius 1 is 1.50 bits per heavy atom. The minimum Gasteiger partial charge on any atom is -0.378 e. The minimum absolute atomic E-state index is 0.122. The van der Waals surface area contributed by atoms with Gasteiger partial charge in [-0.25, -0.2) is 0 Å². The number of carbonyl (C=O) groups is 4. The summed E-state index contributed by atoms with van der Waals surface area (Å²) >= 11 is 4.02. The van der Waals surface area contributed by atoms with Gasteiger partial charge in [-0.2, -0.15) is 12.6 Å². The van der Waals surface area contributed by atoms with Crippen molar-refractivity contribution in [1.82, 2.24) is 10.2 Å². The fraction of sp³-hybridized carbons (Fsp3) is 0.692. The predicted octanol–water partition coefficient (Wildman–Crippen LogP) is -1.52. The zero-order valence-corrected chi connectivity index (χ0v) is 13.1. The van der Waals surface area contributed by atoms with Gasteiger partial charge in [0.05, 0.1) is 31.1 Å². The molecule has 1 heterocycles. The van der Waals surface area contributed by atoms with E-state index in [1.54, 1.807) is 0 Å². The number of likely N-dealkylation sites (tertiary alicyclic amines) is 1. The third-order valence-corrected chi connectivity index (χ3v) is 3.56. The summed E-state index contributed by atoms with van der Waals surface area (Å²) < 4.78 is 5.26. The standard InChI is InChI=1S/C13H21N3O5S/c14-9(2-1-5-17)12(19)15-3-6-21-7-4-16-11(18)8-10(22)13(16)20/h5,9-10,22H,1-4,6-8,14H2,(H,15,19). The molecule has 0 aliphatic carbocycles. The Balaban J connectivity index is 2.08. The molecular weight excluding hydrogens is 310 g/mol. The zero-order chi connectivity index (χ0) is 16.5. The molecule has 2 unspecified atom stereocenters. The lowest BCUT2D eigenvalue weighted by Crippen LogP contribution is -2.42. The van der Waals surface area contributed by atoms with Crippen LogP contribution in [0.1, 0.15) is 19.3 Å². The van der Waals surface area contributed by atoms with Crippen LogP contribution in [0.25, 0.3) is 0 Å². The summed E-state index contributed by atoms with van der Waals surface area (Å²) in [5.41, 5.74) is 5.57. The second-order valence-electron chi connectivity index (χ2n) is 4.86. The van der Waals surface area contributed by atoms with E-state index in [0.717, 1.165) is 4.90 Å². The van der Waals surface area contributed by atoms with E-state index in [0.29, 0.717) is 12.7 Å². The molecule has 1 aliphatic rings. The molecule has 0 aromatic carbocycles. The van der Waals surface area contributed by atoms with Crippen molar-refractivity contribution >= 4 is 36.6 Å². The molecule has 0 radical (unpaired) electrons. The fourth-order valence-corrected chi connectivity index (χ4v) is 2.21. The lowest BCUT2D eigenvalue weighted by atomic mass is 10.1. The van der Waals surface area contributed by atoms with Gasteiger partial charge in [-0.15, -0.1) is 0 Å². The number of aldehydes is 1. The molecule has 1 saturated heterocycles. The first-order valence-electron chi connectivity index (χ1n) is 7.04. The van der Waals surface area contributed by atoms with Crippen LogP contribution < -0.4 is 11.1 Å². The van der Waals surface area contributed by atoms with Gasteiger partial charge in [0.2, 0.25) is 17.7 Å². The fourth-order valence-electron chi connectivity index (χ4n) is 1.91. The average Bonchev–Trinajstić information content (AvgIpc) is 2.73. The van der Waals surface area contributed by atoms with Gasteiger partial charge < -0.3 is 20.6 Å². The summed E-state index contributed by atoms with van der Waals surface area (Å²) in [5, 5.41) is 2.02. The van der Waals surface area contributed by atoms with Crippen LogP contribution in [0.2, 0.25) is 0 Å². The summed E-state index contributed by atoms with van der Waals surface area (Å²) in [6.07, 6.45) is 1.39. The number of hydrogen-bond acceptors (Lipinski definition) is 7. The minimum atomic E-state index is -0.711. The molecule has 9 heteroatoms. The number of imide groups is 1. The normalized spacial score (nSPS) is 19.4. The smallest absolute Gasteiger partial charge is 0.242 e. The van der Waals surface area contributed by atoms with Gasteiger partial charge in [0, 0.05) is 19.4 Å². The number of amides is 3. The maximum Gasteiger partial charge on any atom is 0.242 e. The van der Waals surface area contributed by atoms with Crippen LogP contribution in [0.5, 0.6) is 0 Å². The highest BCUT2D eigenvalue weighted by molar-refractivity contribution is 7.81. The quantitative estimate of drug-likeness (QED) is 0.194. The molecule has 2 atom stereocenters. The van der Waals surface area contributed by atoms with Crippen LogP contribution in [0.15, 0.2) is 0 Å². The van der Waals surface area contributed by atoms with Crippen molar-refractivity contribution in [1.29, 1.82) is 0 Å². The van der Waals surface area contributed by atoms with Crippen LogP contribution in [0, 0.1) is 0 Å². The number of nitrogens with one attached hydrogen (secondary N) is 1. The van der Waals surface area contributed by atoms with Crippen molar-refractivity contribution in [2.45, 2.75) is 30.6 Å². The summed E-state index contributed by atoms with van der Waals surface area (Å²) in [6, 6.07) is -0.711. The van der Waals surface area contributed by atoms with Crippen LogP contribution >= 0.6 is 12.6 Å². The largest absolute Gasteiger partial charge is 0.378 e. The Morgan fingerprint density at radius 3 is 2.82 bits per heavy atom. The molecule has 1 fully saturated rings. The van der Waals surface area contributed by atoms with E-state index in [2.05, 4.69) is 17.9 Å². The third kappa shape index (κ3) is 5.74. The summed E-state index contributed by atoms with van der Waals surface area (Å²) in [7, 11) is 0. The molecule has 1 rings (SSSR count). The van der Waals surface area contributed by atoms with Gasteiger partial charge in [-0.3, -0.25) is 19.3 Å². The second-order valence-corrected chi connectivity index (χ2v) is 5.48. The van der Waals surface area contributed by atoms with Crippen LogP contribution in [0.3, 0.4) is 0 Å². The van der Waals surface area contributed by atoms with E-state index < -0.39 is 11.3 Å². The van der Waals surface area contributed by atoms with Crippen molar-refractivity contribution < 1.29 is 23.9 Å². The average molecular weight is 331 g/mol. The van der Waals surface area contributed by atoms with E-state index in [1.807, 2.05) is 0 Å². The summed E-state index contributed by atoms with van der Waals surface area (Å²) in [5.74, 6) is -0.886. The molecule has 8 nitrogen and oxygen atoms in total. The maximum absolute atomic E-state index is 11.6. The molecule has 0 spiro atoms. The van der Waals surface area contributed by atoms with Gasteiger partial charge in [0.25, 0.3) is 0 Å². The van der Waals surface area contributed by atoms with Gasteiger partial charge in [0.15, 0.2) is 0 Å². The molecule has 0 saturated carbocycles. The number of carbonyl (C=O) groups excluding carboxylic acids is 4. The first-order chi connectivity index (χ1) is 10.5. The molecule has 0 aromatic rings. The lowest BCUT2D eigenvalue weighted by molar-refractivity contribution is -0.139. The molecule has 124 valence electrons. The summed E-state index contributed by atoms with van der Waals surface area (Å²) in [6.45, 7) is 0.893.